The molecule has 40 heavy (non-hydrogen) atoms. The van der Waals surface area contributed by atoms with Crippen LogP contribution in [0.1, 0.15) is 23.1 Å². The number of para-hydroxylation sites is 3. The Balaban J connectivity index is 1.54. The second kappa shape index (κ2) is 10.9. The number of aromatic nitrogens is 4. The summed E-state index contributed by atoms with van der Waals surface area (Å²) < 4.78 is 13.9. The lowest BCUT2D eigenvalue weighted by Crippen LogP contribution is -2.47. The minimum Gasteiger partial charge on any atom is -0.345 e. The van der Waals surface area contributed by atoms with Crippen LogP contribution < -0.4 is 10.6 Å². The number of anilines is 1. The SMILES string of the molecule is NC(C(c1nc2ccccc2[nH]1)c1c(Cl)cccc1Cl)N(Cc1nc2ccc(F)cc2[nH]1)c1c(Cl)cccc1Cl. The lowest BCUT2D eigenvalue weighted by Gasteiger charge is -2.36. The number of fused-ring (bicyclic) bond motifs is 2. The molecule has 6 nitrogen and oxygen atoms in total. The standard InChI is InChI=1S/C29H21Cl4FN6/c30-16-5-3-6-17(31)25(16)26(29-38-20-9-1-2-10-21(20)39-29)28(35)40(27-18(32)7-4-8-19(27)33)14-24-36-22-12-11-15(34)13-23(22)37-24/h1-13,26,28H,14,35H2,(H,36,37)(H,38,39). The molecule has 2 aromatic heterocycles. The molecule has 2 heterocycles. The van der Waals surface area contributed by atoms with Crippen molar-refractivity contribution < 1.29 is 4.39 Å². The highest BCUT2D eigenvalue weighted by atomic mass is 35.5. The van der Waals surface area contributed by atoms with Gasteiger partial charge < -0.3 is 20.6 Å². The van der Waals surface area contributed by atoms with Crippen LogP contribution in [0, 0.1) is 5.82 Å². The van der Waals surface area contributed by atoms with E-state index in [0.717, 1.165) is 11.0 Å². The van der Waals surface area contributed by atoms with Crippen molar-refractivity contribution in [1.29, 1.82) is 0 Å². The molecule has 6 aromatic rings. The molecule has 0 aliphatic rings. The molecular weight excluding hydrogens is 593 g/mol. The summed E-state index contributed by atoms with van der Waals surface area (Å²) in [5, 5.41) is 1.63. The zero-order chi connectivity index (χ0) is 28.0. The van der Waals surface area contributed by atoms with E-state index >= 15 is 0 Å². The zero-order valence-electron chi connectivity index (χ0n) is 20.7. The number of hydrogen-bond donors (Lipinski definition) is 3. The number of benzene rings is 4. The number of H-pyrrole nitrogens is 2. The summed E-state index contributed by atoms with van der Waals surface area (Å²) in [6.45, 7) is 0.152. The van der Waals surface area contributed by atoms with Crippen molar-refractivity contribution in [3.63, 3.8) is 0 Å². The first-order valence-corrected chi connectivity index (χ1v) is 13.8. The molecule has 0 spiro atoms. The van der Waals surface area contributed by atoms with E-state index in [2.05, 4.69) is 15.0 Å². The van der Waals surface area contributed by atoms with E-state index < -0.39 is 12.1 Å². The van der Waals surface area contributed by atoms with Crippen molar-refractivity contribution in [3.8, 4) is 0 Å². The summed E-state index contributed by atoms with van der Waals surface area (Å²) in [6.07, 6.45) is -0.847. The first-order valence-electron chi connectivity index (χ1n) is 12.3. The third-order valence-electron chi connectivity index (χ3n) is 6.75. The monoisotopic (exact) mass is 612 g/mol. The Morgan fingerprint density at radius 3 is 2.10 bits per heavy atom. The van der Waals surface area contributed by atoms with Gasteiger partial charge in [-0.25, -0.2) is 14.4 Å². The van der Waals surface area contributed by atoms with Gasteiger partial charge in [-0.2, -0.15) is 0 Å². The molecule has 0 radical (unpaired) electrons. The van der Waals surface area contributed by atoms with Crippen LogP contribution in [0.15, 0.2) is 78.9 Å². The van der Waals surface area contributed by atoms with Crippen LogP contribution in [0.25, 0.3) is 22.1 Å². The van der Waals surface area contributed by atoms with Crippen LogP contribution in [-0.2, 0) is 6.54 Å². The highest BCUT2D eigenvalue weighted by Crippen LogP contribution is 2.42. The summed E-state index contributed by atoms with van der Waals surface area (Å²) in [4.78, 5) is 17.9. The summed E-state index contributed by atoms with van der Waals surface area (Å²) in [7, 11) is 0. The average molecular weight is 614 g/mol. The van der Waals surface area contributed by atoms with Crippen molar-refractivity contribution >= 4 is 74.2 Å². The van der Waals surface area contributed by atoms with Gasteiger partial charge in [0.25, 0.3) is 0 Å². The van der Waals surface area contributed by atoms with Gasteiger partial charge in [0, 0.05) is 15.6 Å². The second-order valence-electron chi connectivity index (χ2n) is 9.29. The predicted octanol–water partition coefficient (Wildman–Crippen LogP) is 8.32. The molecule has 0 aliphatic heterocycles. The fourth-order valence-electron chi connectivity index (χ4n) is 4.94. The van der Waals surface area contributed by atoms with Gasteiger partial charge in [-0.3, -0.25) is 0 Å². The molecule has 0 saturated heterocycles. The number of hydrogen-bond acceptors (Lipinski definition) is 4. The van der Waals surface area contributed by atoms with Gasteiger partial charge in [0.05, 0.1) is 56.4 Å². The predicted molar refractivity (Wildman–Crippen MR) is 161 cm³/mol. The number of nitrogens with zero attached hydrogens (tertiary/aromatic N) is 3. The Labute approximate surface area is 248 Å². The maximum absolute atomic E-state index is 13.9. The fourth-order valence-corrected chi connectivity index (χ4v) is 6.19. The van der Waals surface area contributed by atoms with Gasteiger partial charge >= 0.3 is 0 Å². The Bertz CT molecular complexity index is 1780. The molecule has 0 amide bonds. The van der Waals surface area contributed by atoms with E-state index in [0.29, 0.717) is 54.0 Å². The van der Waals surface area contributed by atoms with Crippen molar-refractivity contribution in [1.82, 2.24) is 19.9 Å². The van der Waals surface area contributed by atoms with Gasteiger partial charge in [0.15, 0.2) is 0 Å². The number of aromatic amines is 2. The van der Waals surface area contributed by atoms with Crippen LogP contribution in [0.3, 0.4) is 0 Å². The van der Waals surface area contributed by atoms with Gasteiger partial charge in [-0.1, -0.05) is 70.7 Å². The molecule has 0 aliphatic carbocycles. The van der Waals surface area contributed by atoms with Crippen LogP contribution in [0.4, 0.5) is 10.1 Å². The molecule has 2 unspecified atom stereocenters. The first-order chi connectivity index (χ1) is 19.3. The Kier molecular flexibility index (Phi) is 7.33. The van der Waals surface area contributed by atoms with E-state index in [1.165, 1.54) is 12.1 Å². The van der Waals surface area contributed by atoms with Crippen LogP contribution in [-0.4, -0.2) is 26.1 Å². The topological polar surface area (TPSA) is 86.6 Å². The lowest BCUT2D eigenvalue weighted by molar-refractivity contribution is 0.528. The first kappa shape index (κ1) is 26.9. The summed E-state index contributed by atoms with van der Waals surface area (Å²) in [6, 6.07) is 22.5. The highest BCUT2D eigenvalue weighted by molar-refractivity contribution is 6.39. The molecule has 4 N–H and O–H groups in total. The number of imidazole rings is 2. The molecule has 11 heteroatoms. The fraction of sp³-hybridized carbons (Fsp3) is 0.103. The lowest BCUT2D eigenvalue weighted by atomic mass is 9.93. The molecule has 0 saturated carbocycles. The van der Waals surface area contributed by atoms with Crippen molar-refractivity contribution in [2.24, 2.45) is 5.73 Å². The minimum atomic E-state index is -0.847. The average Bonchev–Trinajstić information content (AvgIpc) is 3.53. The maximum atomic E-state index is 13.9. The van der Waals surface area contributed by atoms with Gasteiger partial charge in [0.1, 0.15) is 17.5 Å². The van der Waals surface area contributed by atoms with Crippen LogP contribution >= 0.6 is 46.4 Å². The van der Waals surface area contributed by atoms with E-state index in [1.807, 2.05) is 29.2 Å². The van der Waals surface area contributed by atoms with Gasteiger partial charge in [-0.15, -0.1) is 0 Å². The molecule has 2 atom stereocenters. The number of nitrogens with one attached hydrogen (secondary N) is 2. The molecule has 0 fully saturated rings. The van der Waals surface area contributed by atoms with Crippen molar-refractivity contribution in [3.05, 3.63) is 122 Å². The molecule has 202 valence electrons. The third-order valence-corrected chi connectivity index (χ3v) is 8.02. The van der Waals surface area contributed by atoms with Gasteiger partial charge in [-0.05, 0) is 54.6 Å². The summed E-state index contributed by atoms with van der Waals surface area (Å²) in [5.74, 6) is 0.0654. The van der Waals surface area contributed by atoms with Crippen LogP contribution in [0.2, 0.25) is 20.1 Å². The zero-order valence-corrected chi connectivity index (χ0v) is 23.7. The quantitative estimate of drug-likeness (QED) is 0.158. The minimum absolute atomic E-state index is 0.152. The van der Waals surface area contributed by atoms with E-state index in [4.69, 9.17) is 57.1 Å². The summed E-state index contributed by atoms with van der Waals surface area (Å²) in [5.41, 5.74) is 11.0. The smallest absolute Gasteiger partial charge is 0.126 e. The third kappa shape index (κ3) is 5.00. The largest absolute Gasteiger partial charge is 0.345 e. The van der Waals surface area contributed by atoms with Crippen molar-refractivity contribution in [2.75, 3.05) is 4.90 Å². The Morgan fingerprint density at radius 2 is 1.40 bits per heavy atom. The van der Waals surface area contributed by atoms with Crippen molar-refractivity contribution in [2.45, 2.75) is 18.6 Å². The molecule has 6 rings (SSSR count). The van der Waals surface area contributed by atoms with E-state index in [-0.39, 0.29) is 12.4 Å². The van der Waals surface area contributed by atoms with Gasteiger partial charge in [0.2, 0.25) is 0 Å². The number of rotatable bonds is 7. The molecular formula is C29H21Cl4FN6. The maximum Gasteiger partial charge on any atom is 0.126 e. The molecule has 0 bridgehead atoms. The Morgan fingerprint density at radius 1 is 0.750 bits per heavy atom. The van der Waals surface area contributed by atoms with E-state index in [9.17, 15) is 4.39 Å². The summed E-state index contributed by atoms with van der Waals surface area (Å²) >= 11 is 26.9. The highest BCUT2D eigenvalue weighted by Gasteiger charge is 2.35. The Hall–Kier alpha value is -3.33. The normalized spacial score (nSPS) is 13.2. The van der Waals surface area contributed by atoms with E-state index in [1.54, 1.807) is 42.5 Å². The number of halogens is 5. The number of nitrogens with two attached hydrogens (primary N) is 1. The molecule has 4 aromatic carbocycles. The van der Waals surface area contributed by atoms with Crippen LogP contribution in [0.5, 0.6) is 0 Å². The second-order valence-corrected chi connectivity index (χ2v) is 10.9.